The van der Waals surface area contributed by atoms with Crippen LogP contribution in [0.4, 0.5) is 5.69 Å². The highest BCUT2D eigenvalue weighted by Gasteiger charge is 2.38. The Morgan fingerprint density at radius 1 is 1.15 bits per heavy atom. The second kappa shape index (κ2) is 9.90. The summed E-state index contributed by atoms with van der Waals surface area (Å²) in [6.45, 7) is 1.24. The number of esters is 1. The molecule has 11 nitrogen and oxygen atoms in total. The molecular weight excluding hydrogens is 434 g/mol. The highest BCUT2D eigenvalue weighted by molar-refractivity contribution is 6.01. The number of Topliss-reactive ketones (excluding diaryl/α,β-unsaturated/α-hetero) is 1. The van der Waals surface area contributed by atoms with Gasteiger partial charge in [-0.1, -0.05) is 12.1 Å². The number of carbonyl (C=O) groups excluding carboxylic acids is 4. The molecule has 1 aliphatic heterocycles. The SMILES string of the molecule is COc1ccc(C(=O)[C@H](C)OC(=O)[C@@H]2CC(=O)N(NC(=O)c3ccccc3[N+](=O)[O-])C2)cc1. The lowest BCUT2D eigenvalue weighted by Crippen LogP contribution is -2.43. The smallest absolute Gasteiger partial charge is 0.312 e. The van der Waals surface area contributed by atoms with Crippen LogP contribution in [0.25, 0.3) is 0 Å². The Bertz CT molecular complexity index is 1100. The van der Waals surface area contributed by atoms with Crippen LogP contribution in [0.2, 0.25) is 0 Å². The zero-order valence-corrected chi connectivity index (χ0v) is 17.8. The summed E-state index contributed by atoms with van der Waals surface area (Å²) in [6, 6.07) is 11.6. The number of hydrazine groups is 1. The van der Waals surface area contributed by atoms with Gasteiger partial charge < -0.3 is 9.47 Å². The van der Waals surface area contributed by atoms with Gasteiger partial charge in [0.15, 0.2) is 6.10 Å². The van der Waals surface area contributed by atoms with Gasteiger partial charge >= 0.3 is 5.97 Å². The number of nitro groups is 1. The summed E-state index contributed by atoms with van der Waals surface area (Å²) in [7, 11) is 1.50. The fraction of sp³-hybridized carbons (Fsp3) is 0.273. The Labute approximate surface area is 188 Å². The number of hydrogen-bond acceptors (Lipinski definition) is 8. The number of nitrogens with zero attached hydrogens (tertiary/aromatic N) is 2. The van der Waals surface area contributed by atoms with E-state index in [1.54, 1.807) is 24.3 Å². The summed E-state index contributed by atoms with van der Waals surface area (Å²) in [6.07, 6.45) is -1.32. The summed E-state index contributed by atoms with van der Waals surface area (Å²) in [5.74, 6) is -2.93. The lowest BCUT2D eigenvalue weighted by Gasteiger charge is -2.18. The summed E-state index contributed by atoms with van der Waals surface area (Å²) in [5.41, 5.74) is 1.99. The van der Waals surface area contributed by atoms with Crippen molar-refractivity contribution in [2.45, 2.75) is 19.4 Å². The molecule has 0 radical (unpaired) electrons. The Balaban J connectivity index is 1.60. The van der Waals surface area contributed by atoms with Gasteiger partial charge in [-0.25, -0.2) is 0 Å². The molecule has 11 heteroatoms. The normalized spacial score (nSPS) is 16.1. The van der Waals surface area contributed by atoms with Gasteiger partial charge in [0.25, 0.3) is 11.6 Å². The minimum Gasteiger partial charge on any atom is -0.497 e. The van der Waals surface area contributed by atoms with E-state index < -0.39 is 46.2 Å². The molecule has 1 saturated heterocycles. The van der Waals surface area contributed by atoms with Gasteiger partial charge in [-0.2, -0.15) is 0 Å². The summed E-state index contributed by atoms with van der Waals surface area (Å²) in [4.78, 5) is 60.1. The van der Waals surface area contributed by atoms with E-state index in [1.807, 2.05) is 0 Å². The molecule has 0 unspecified atom stereocenters. The van der Waals surface area contributed by atoms with E-state index in [2.05, 4.69) is 5.43 Å². The Hall–Kier alpha value is -4.28. The molecule has 0 aromatic heterocycles. The highest BCUT2D eigenvalue weighted by atomic mass is 16.6. The molecule has 2 aromatic carbocycles. The first kappa shape index (κ1) is 23.4. The number of amides is 2. The Kier molecular flexibility index (Phi) is 7.01. The molecule has 1 aliphatic rings. The molecule has 172 valence electrons. The van der Waals surface area contributed by atoms with Crippen molar-refractivity contribution in [1.82, 2.24) is 10.4 Å². The second-order valence-electron chi connectivity index (χ2n) is 7.29. The van der Waals surface area contributed by atoms with Crippen molar-refractivity contribution in [3.8, 4) is 5.75 Å². The van der Waals surface area contributed by atoms with Gasteiger partial charge in [0.05, 0.1) is 24.5 Å². The van der Waals surface area contributed by atoms with Crippen molar-refractivity contribution in [3.05, 3.63) is 69.8 Å². The van der Waals surface area contributed by atoms with Crippen molar-refractivity contribution in [2.75, 3.05) is 13.7 Å². The van der Waals surface area contributed by atoms with Crippen LogP contribution in [-0.4, -0.2) is 53.3 Å². The molecule has 2 atom stereocenters. The third kappa shape index (κ3) is 5.32. The first-order chi connectivity index (χ1) is 15.7. The van der Waals surface area contributed by atoms with Crippen LogP contribution < -0.4 is 10.2 Å². The minimum atomic E-state index is -1.09. The molecule has 2 amide bonds. The first-order valence-electron chi connectivity index (χ1n) is 9.94. The van der Waals surface area contributed by atoms with Crippen molar-refractivity contribution in [1.29, 1.82) is 0 Å². The Morgan fingerprint density at radius 3 is 2.45 bits per heavy atom. The number of para-hydroxylation sites is 1. The fourth-order valence-electron chi connectivity index (χ4n) is 3.30. The summed E-state index contributed by atoms with van der Waals surface area (Å²) in [5, 5.41) is 12.0. The average molecular weight is 455 g/mol. The van der Waals surface area contributed by atoms with E-state index in [9.17, 15) is 29.3 Å². The molecule has 33 heavy (non-hydrogen) atoms. The van der Waals surface area contributed by atoms with E-state index in [1.165, 1.54) is 38.3 Å². The van der Waals surface area contributed by atoms with Crippen LogP contribution in [0.1, 0.15) is 34.1 Å². The molecule has 1 heterocycles. The fourth-order valence-corrected chi connectivity index (χ4v) is 3.30. The van der Waals surface area contributed by atoms with Gasteiger partial charge in [0, 0.05) is 18.1 Å². The zero-order valence-electron chi connectivity index (χ0n) is 17.8. The van der Waals surface area contributed by atoms with Crippen molar-refractivity contribution in [3.63, 3.8) is 0 Å². The number of ketones is 1. The van der Waals surface area contributed by atoms with Crippen molar-refractivity contribution >= 4 is 29.3 Å². The maximum absolute atomic E-state index is 12.5. The standard InChI is InChI=1S/C22H21N3O8/c1-13(20(27)14-7-9-16(32-2)10-8-14)33-22(29)15-11-19(26)24(12-15)23-21(28)17-5-3-4-6-18(17)25(30)31/h3-10,13,15H,11-12H2,1-2H3,(H,23,28)/t13-,15+/m0/s1. The topological polar surface area (TPSA) is 145 Å². The molecule has 1 N–H and O–H groups in total. The van der Waals surface area contributed by atoms with Crippen LogP contribution in [-0.2, 0) is 14.3 Å². The maximum Gasteiger partial charge on any atom is 0.312 e. The molecule has 0 aliphatic carbocycles. The number of hydrogen-bond donors (Lipinski definition) is 1. The van der Waals surface area contributed by atoms with Gasteiger partial charge in [0.2, 0.25) is 11.7 Å². The molecule has 2 aromatic rings. The summed E-state index contributed by atoms with van der Waals surface area (Å²) < 4.78 is 10.3. The number of carbonyl (C=O) groups is 4. The molecule has 0 bridgehead atoms. The molecule has 1 fully saturated rings. The van der Waals surface area contributed by atoms with E-state index in [0.717, 1.165) is 5.01 Å². The van der Waals surface area contributed by atoms with Crippen LogP contribution in [0.5, 0.6) is 5.75 Å². The molecule has 0 saturated carbocycles. The second-order valence-corrected chi connectivity index (χ2v) is 7.29. The first-order valence-corrected chi connectivity index (χ1v) is 9.94. The quantitative estimate of drug-likeness (QED) is 0.275. The van der Waals surface area contributed by atoms with E-state index in [4.69, 9.17) is 9.47 Å². The number of nitrogens with one attached hydrogen (secondary N) is 1. The number of nitro benzene ring substituents is 1. The van der Waals surface area contributed by atoms with Crippen LogP contribution in [0.15, 0.2) is 48.5 Å². The Morgan fingerprint density at radius 2 is 1.82 bits per heavy atom. The van der Waals surface area contributed by atoms with Crippen molar-refractivity contribution in [2.24, 2.45) is 5.92 Å². The van der Waals surface area contributed by atoms with E-state index in [-0.39, 0.29) is 18.5 Å². The average Bonchev–Trinajstić information content (AvgIpc) is 3.18. The monoisotopic (exact) mass is 455 g/mol. The molecule has 3 rings (SSSR count). The van der Waals surface area contributed by atoms with Gasteiger partial charge in [-0.05, 0) is 37.3 Å². The number of ether oxygens (including phenoxy) is 2. The molecule has 0 spiro atoms. The minimum absolute atomic E-state index is 0.187. The largest absolute Gasteiger partial charge is 0.497 e. The van der Waals surface area contributed by atoms with Gasteiger partial charge in [0.1, 0.15) is 11.3 Å². The third-order valence-corrected chi connectivity index (χ3v) is 5.08. The van der Waals surface area contributed by atoms with E-state index in [0.29, 0.717) is 11.3 Å². The number of benzene rings is 2. The van der Waals surface area contributed by atoms with Crippen molar-refractivity contribution < 1.29 is 33.6 Å². The highest BCUT2D eigenvalue weighted by Crippen LogP contribution is 2.22. The van der Waals surface area contributed by atoms with Gasteiger partial charge in [-0.3, -0.25) is 39.7 Å². The number of methoxy groups -OCH3 is 1. The summed E-state index contributed by atoms with van der Waals surface area (Å²) >= 11 is 0. The van der Waals surface area contributed by atoms with Crippen LogP contribution in [0, 0.1) is 16.0 Å². The third-order valence-electron chi connectivity index (χ3n) is 5.08. The lowest BCUT2D eigenvalue weighted by atomic mass is 10.1. The maximum atomic E-state index is 12.5. The molecular formula is C22H21N3O8. The van der Waals surface area contributed by atoms with Crippen LogP contribution in [0.3, 0.4) is 0 Å². The van der Waals surface area contributed by atoms with Gasteiger partial charge in [-0.15, -0.1) is 0 Å². The van der Waals surface area contributed by atoms with Crippen LogP contribution >= 0.6 is 0 Å². The predicted octanol–water partition coefficient (Wildman–Crippen LogP) is 1.91. The predicted molar refractivity (Wildman–Crippen MR) is 113 cm³/mol. The van der Waals surface area contributed by atoms with E-state index >= 15 is 0 Å². The lowest BCUT2D eigenvalue weighted by molar-refractivity contribution is -0.385. The zero-order chi connectivity index (χ0) is 24.1. The number of rotatable bonds is 8.